The van der Waals surface area contributed by atoms with Crippen molar-refractivity contribution >= 4 is 11.8 Å². The van der Waals surface area contributed by atoms with Gasteiger partial charge in [-0.05, 0) is 25.2 Å². The third-order valence-corrected chi connectivity index (χ3v) is 2.22. The Morgan fingerprint density at radius 1 is 1.55 bits per heavy atom. The van der Waals surface area contributed by atoms with Gasteiger partial charge in [-0.1, -0.05) is 18.7 Å². The highest BCUT2D eigenvalue weighted by atomic mass is 32.2. The van der Waals surface area contributed by atoms with Gasteiger partial charge >= 0.3 is 0 Å². The Morgan fingerprint density at radius 2 is 2.27 bits per heavy atom. The first kappa shape index (κ1) is 8.53. The average Bonchev–Trinajstić information content (AvgIpc) is 1.98. The Balaban J connectivity index is 0.00000121. The highest BCUT2D eigenvalue weighted by molar-refractivity contribution is 7.99. The number of hydrogen-bond acceptors (Lipinski definition) is 3. The molecule has 1 aromatic rings. The zero-order valence-electron chi connectivity index (χ0n) is 7.09. The minimum atomic E-state index is 0. The molecule has 0 spiro atoms. The van der Waals surface area contributed by atoms with Crippen LogP contribution in [0.15, 0.2) is 11.4 Å². The van der Waals surface area contributed by atoms with E-state index in [9.17, 15) is 0 Å². The summed E-state index contributed by atoms with van der Waals surface area (Å²) in [6, 6.07) is 0. The van der Waals surface area contributed by atoms with Gasteiger partial charge < -0.3 is 0 Å². The molecule has 1 aromatic heterocycles. The molecule has 1 heterocycles. The molecule has 0 saturated heterocycles. The molecule has 2 nitrogen and oxygen atoms in total. The molecular formula is C8H14N2S. The van der Waals surface area contributed by atoms with Gasteiger partial charge in [0.15, 0.2) is 5.16 Å². The van der Waals surface area contributed by atoms with Crippen LogP contribution in [0.5, 0.6) is 0 Å². The van der Waals surface area contributed by atoms with Gasteiger partial charge in [-0.15, -0.1) is 0 Å². The smallest absolute Gasteiger partial charge is 0.187 e. The molecule has 0 aliphatic rings. The van der Waals surface area contributed by atoms with Crippen molar-refractivity contribution in [2.45, 2.75) is 25.9 Å². The number of nitrogens with zero attached hydrogens (tertiary/aromatic N) is 2. The summed E-state index contributed by atoms with van der Waals surface area (Å²) in [5, 5.41) is 0.885. The number of aromatic nitrogens is 2. The van der Waals surface area contributed by atoms with Crippen LogP contribution in [0.3, 0.4) is 0 Å². The monoisotopic (exact) mass is 170 g/mol. The molecule has 0 bridgehead atoms. The molecule has 0 radical (unpaired) electrons. The molecule has 1 rings (SSSR count). The summed E-state index contributed by atoms with van der Waals surface area (Å²) < 4.78 is 0. The Kier molecular flexibility index (Phi) is 2.88. The van der Waals surface area contributed by atoms with Gasteiger partial charge in [0, 0.05) is 13.3 Å². The Morgan fingerprint density at radius 3 is 2.82 bits per heavy atom. The van der Waals surface area contributed by atoms with E-state index in [2.05, 4.69) is 16.9 Å². The van der Waals surface area contributed by atoms with Crippen molar-refractivity contribution in [1.82, 2.24) is 9.97 Å². The van der Waals surface area contributed by atoms with E-state index in [1.165, 1.54) is 0 Å². The van der Waals surface area contributed by atoms with E-state index in [1.807, 2.05) is 20.0 Å². The van der Waals surface area contributed by atoms with E-state index in [4.69, 9.17) is 0 Å². The van der Waals surface area contributed by atoms with Gasteiger partial charge in [0.25, 0.3) is 0 Å². The fraction of sp³-hybridized carbons (Fsp3) is 0.500. The van der Waals surface area contributed by atoms with Crippen molar-refractivity contribution < 1.29 is 1.43 Å². The molecule has 0 saturated carbocycles. The first-order valence-electron chi connectivity index (χ1n) is 3.67. The molecule has 11 heavy (non-hydrogen) atoms. The van der Waals surface area contributed by atoms with E-state index in [-0.39, 0.29) is 1.43 Å². The molecule has 0 N–H and O–H groups in total. The Bertz CT molecular complexity index is 253. The van der Waals surface area contributed by atoms with Crippen LogP contribution >= 0.6 is 11.8 Å². The van der Waals surface area contributed by atoms with Crippen molar-refractivity contribution in [3.05, 3.63) is 17.5 Å². The van der Waals surface area contributed by atoms with Gasteiger partial charge in [-0.3, -0.25) is 0 Å². The molecule has 0 aliphatic carbocycles. The van der Waals surface area contributed by atoms with Gasteiger partial charge in [-0.25, -0.2) is 9.97 Å². The van der Waals surface area contributed by atoms with Crippen molar-refractivity contribution in [3.8, 4) is 0 Å². The molecule has 3 heteroatoms. The fourth-order valence-electron chi connectivity index (χ4n) is 0.705. The lowest BCUT2D eigenvalue weighted by molar-refractivity contribution is 0.913. The van der Waals surface area contributed by atoms with E-state index in [1.54, 1.807) is 11.8 Å². The van der Waals surface area contributed by atoms with Crippen LogP contribution in [0.1, 0.15) is 19.6 Å². The summed E-state index contributed by atoms with van der Waals surface area (Å²) in [5.41, 5.74) is 2.24. The topological polar surface area (TPSA) is 25.8 Å². The quantitative estimate of drug-likeness (QED) is 0.503. The zero-order chi connectivity index (χ0) is 8.27. The molecule has 0 amide bonds. The third-order valence-electron chi connectivity index (χ3n) is 1.48. The van der Waals surface area contributed by atoms with Crippen molar-refractivity contribution in [1.29, 1.82) is 0 Å². The second-order valence-corrected chi connectivity index (χ2v) is 3.59. The van der Waals surface area contributed by atoms with Crippen LogP contribution in [-0.4, -0.2) is 15.7 Å². The van der Waals surface area contributed by atoms with Crippen LogP contribution < -0.4 is 0 Å². The standard InChI is InChI=1S/C8H12N2S.H2/c1-4-11-8-9-5-6(2)7(3)10-8;/h5H,4H2,1-3H3;1H. The number of aryl methyl sites for hydroxylation is 2. The van der Waals surface area contributed by atoms with Crippen LogP contribution in [-0.2, 0) is 0 Å². The number of rotatable bonds is 2. The normalized spacial score (nSPS) is 10.1. The first-order valence-corrected chi connectivity index (χ1v) is 4.65. The van der Waals surface area contributed by atoms with E-state index < -0.39 is 0 Å². The molecule has 0 aliphatic heterocycles. The second-order valence-electron chi connectivity index (χ2n) is 2.35. The second kappa shape index (κ2) is 3.72. The largest absolute Gasteiger partial charge is 0.231 e. The number of hydrogen-bond donors (Lipinski definition) is 0. The van der Waals surface area contributed by atoms with Crippen molar-refractivity contribution in [2.24, 2.45) is 0 Å². The summed E-state index contributed by atoms with van der Waals surface area (Å²) in [7, 11) is 0. The minimum Gasteiger partial charge on any atom is -0.231 e. The summed E-state index contributed by atoms with van der Waals surface area (Å²) in [6.45, 7) is 6.13. The molecule has 0 atom stereocenters. The maximum absolute atomic E-state index is 4.31. The third kappa shape index (κ3) is 2.19. The van der Waals surface area contributed by atoms with Gasteiger partial charge in [-0.2, -0.15) is 0 Å². The summed E-state index contributed by atoms with van der Waals surface area (Å²) in [4.78, 5) is 8.50. The lowest BCUT2D eigenvalue weighted by atomic mass is 10.3. The molecule has 0 unspecified atom stereocenters. The maximum Gasteiger partial charge on any atom is 0.187 e. The lowest BCUT2D eigenvalue weighted by Gasteiger charge is -2.00. The number of thioether (sulfide) groups is 1. The van der Waals surface area contributed by atoms with Gasteiger partial charge in [0.1, 0.15) is 0 Å². The van der Waals surface area contributed by atoms with Gasteiger partial charge in [0.05, 0.1) is 0 Å². The summed E-state index contributed by atoms with van der Waals surface area (Å²) in [5.74, 6) is 1.03. The van der Waals surface area contributed by atoms with E-state index >= 15 is 0 Å². The van der Waals surface area contributed by atoms with Crippen LogP contribution in [0.25, 0.3) is 0 Å². The summed E-state index contributed by atoms with van der Waals surface area (Å²) >= 11 is 1.68. The molecule has 62 valence electrons. The predicted octanol–water partition coefficient (Wildman–Crippen LogP) is 2.45. The highest BCUT2D eigenvalue weighted by Gasteiger charge is 1.97. The van der Waals surface area contributed by atoms with Crippen molar-refractivity contribution in [3.63, 3.8) is 0 Å². The lowest BCUT2D eigenvalue weighted by Crippen LogP contribution is -1.92. The zero-order valence-corrected chi connectivity index (χ0v) is 7.90. The SMILES string of the molecule is CCSc1ncc(C)c(C)n1.[HH]. The predicted molar refractivity (Wildman–Crippen MR) is 50.0 cm³/mol. The minimum absolute atomic E-state index is 0. The van der Waals surface area contributed by atoms with Crippen LogP contribution in [0, 0.1) is 13.8 Å². The van der Waals surface area contributed by atoms with E-state index in [0.717, 1.165) is 22.2 Å². The summed E-state index contributed by atoms with van der Waals surface area (Å²) in [6.07, 6.45) is 1.88. The first-order chi connectivity index (χ1) is 5.24. The van der Waals surface area contributed by atoms with Crippen LogP contribution in [0.4, 0.5) is 0 Å². The van der Waals surface area contributed by atoms with E-state index in [0.29, 0.717) is 0 Å². The maximum atomic E-state index is 4.31. The molecule has 0 fully saturated rings. The average molecular weight is 170 g/mol. The Labute approximate surface area is 72.9 Å². The van der Waals surface area contributed by atoms with Crippen LogP contribution in [0.2, 0.25) is 0 Å². The Hall–Kier alpha value is -0.570. The van der Waals surface area contributed by atoms with Gasteiger partial charge in [0.2, 0.25) is 0 Å². The molecular weight excluding hydrogens is 156 g/mol. The molecule has 0 aromatic carbocycles. The van der Waals surface area contributed by atoms with Crippen molar-refractivity contribution in [2.75, 3.05) is 5.75 Å². The highest BCUT2D eigenvalue weighted by Crippen LogP contribution is 2.12. The fourth-order valence-corrected chi connectivity index (χ4v) is 1.29.